The smallest absolute Gasteiger partial charge is 0.223 e. The second kappa shape index (κ2) is 4.97. The Hall–Kier alpha value is -0.570. The van der Waals surface area contributed by atoms with Crippen LogP contribution < -0.4 is 10.6 Å². The molecule has 1 amide bonds. The Morgan fingerprint density at radius 3 is 2.60 bits per heavy atom. The zero-order valence-corrected chi connectivity index (χ0v) is 10.4. The van der Waals surface area contributed by atoms with Crippen molar-refractivity contribution in [2.24, 2.45) is 11.8 Å². The molecule has 1 heterocycles. The van der Waals surface area contributed by atoms with E-state index in [1.54, 1.807) is 0 Å². The van der Waals surface area contributed by atoms with Gasteiger partial charge in [-0.15, -0.1) is 0 Å². The first-order valence-electron chi connectivity index (χ1n) is 5.97. The van der Waals surface area contributed by atoms with E-state index >= 15 is 0 Å². The normalized spacial score (nSPS) is 28.1. The van der Waals surface area contributed by atoms with Gasteiger partial charge < -0.3 is 10.6 Å². The fourth-order valence-electron chi connectivity index (χ4n) is 1.85. The largest absolute Gasteiger partial charge is 0.354 e. The first-order chi connectivity index (χ1) is 6.94. The molecule has 1 saturated heterocycles. The fraction of sp³-hybridized carbons (Fsp3) is 0.917. The summed E-state index contributed by atoms with van der Waals surface area (Å²) in [5.41, 5.74) is 0.117. The number of hydrogen-bond acceptors (Lipinski definition) is 2. The minimum absolute atomic E-state index is 0.106. The molecule has 2 N–H and O–H groups in total. The fourth-order valence-corrected chi connectivity index (χ4v) is 1.85. The summed E-state index contributed by atoms with van der Waals surface area (Å²) in [5, 5.41) is 6.49. The molecule has 0 aromatic heterocycles. The molecule has 0 aromatic rings. The van der Waals surface area contributed by atoms with Gasteiger partial charge in [0.2, 0.25) is 5.91 Å². The highest BCUT2D eigenvalue weighted by atomic mass is 16.1. The van der Waals surface area contributed by atoms with Crippen LogP contribution in [-0.4, -0.2) is 24.5 Å². The third kappa shape index (κ3) is 3.49. The van der Waals surface area contributed by atoms with Crippen molar-refractivity contribution in [2.45, 2.75) is 46.1 Å². The summed E-state index contributed by atoms with van der Waals surface area (Å²) in [6.45, 7) is 10.2. The van der Waals surface area contributed by atoms with Gasteiger partial charge in [0.05, 0.1) is 0 Å². The zero-order chi connectivity index (χ0) is 11.5. The topological polar surface area (TPSA) is 41.1 Å². The Kier molecular flexibility index (Phi) is 4.14. The third-order valence-corrected chi connectivity index (χ3v) is 3.52. The Morgan fingerprint density at radius 2 is 2.13 bits per heavy atom. The Morgan fingerprint density at radius 1 is 1.47 bits per heavy atom. The summed E-state index contributed by atoms with van der Waals surface area (Å²) in [5.74, 6) is 0.698. The van der Waals surface area contributed by atoms with E-state index in [9.17, 15) is 4.79 Å². The van der Waals surface area contributed by atoms with Crippen LogP contribution in [0, 0.1) is 11.8 Å². The highest BCUT2D eigenvalue weighted by molar-refractivity contribution is 5.78. The molecule has 1 fully saturated rings. The van der Waals surface area contributed by atoms with Crippen molar-refractivity contribution in [3.8, 4) is 0 Å². The molecule has 1 aliphatic heterocycles. The maximum absolute atomic E-state index is 11.7. The van der Waals surface area contributed by atoms with Crippen LogP contribution in [0.25, 0.3) is 0 Å². The number of nitrogens with one attached hydrogen (secondary N) is 2. The van der Waals surface area contributed by atoms with Gasteiger partial charge in [-0.25, -0.2) is 0 Å². The molecule has 3 nitrogen and oxygen atoms in total. The van der Waals surface area contributed by atoms with Crippen molar-refractivity contribution in [1.29, 1.82) is 0 Å². The average Bonchev–Trinajstić information content (AvgIpc) is 2.61. The number of amides is 1. The summed E-state index contributed by atoms with van der Waals surface area (Å²) < 4.78 is 0. The molecule has 0 aromatic carbocycles. The number of carbonyl (C=O) groups excluding carboxylic acids is 1. The van der Waals surface area contributed by atoms with Crippen molar-refractivity contribution < 1.29 is 4.79 Å². The Balaban J connectivity index is 2.33. The predicted molar refractivity (Wildman–Crippen MR) is 62.7 cm³/mol. The van der Waals surface area contributed by atoms with E-state index in [0.717, 1.165) is 19.5 Å². The van der Waals surface area contributed by atoms with Gasteiger partial charge in [0.1, 0.15) is 0 Å². The number of rotatable bonds is 4. The Labute approximate surface area is 93.0 Å². The standard InChI is InChI=1S/C12H24N2O/c1-9(2)10(3)11(15)13-8-12(4)6-5-7-14-12/h9-10,14H,5-8H2,1-4H3,(H,13,15). The first-order valence-corrected chi connectivity index (χ1v) is 5.97. The summed E-state index contributed by atoms with van der Waals surface area (Å²) >= 11 is 0. The van der Waals surface area contributed by atoms with E-state index in [1.807, 2.05) is 6.92 Å². The molecule has 1 rings (SSSR count). The lowest BCUT2D eigenvalue weighted by Gasteiger charge is -2.26. The van der Waals surface area contributed by atoms with Crippen LogP contribution in [0.5, 0.6) is 0 Å². The summed E-state index contributed by atoms with van der Waals surface area (Å²) in [4.78, 5) is 11.7. The molecule has 0 radical (unpaired) electrons. The molecule has 2 atom stereocenters. The van der Waals surface area contributed by atoms with Crippen LogP contribution in [0.3, 0.4) is 0 Å². The zero-order valence-electron chi connectivity index (χ0n) is 10.4. The van der Waals surface area contributed by atoms with E-state index in [2.05, 4.69) is 31.4 Å². The third-order valence-electron chi connectivity index (χ3n) is 3.52. The Bertz CT molecular complexity index is 220. The van der Waals surface area contributed by atoms with Crippen molar-refractivity contribution in [1.82, 2.24) is 10.6 Å². The van der Waals surface area contributed by atoms with Crippen LogP contribution in [0.1, 0.15) is 40.5 Å². The van der Waals surface area contributed by atoms with Gasteiger partial charge in [0.15, 0.2) is 0 Å². The monoisotopic (exact) mass is 212 g/mol. The second-order valence-electron chi connectivity index (χ2n) is 5.34. The lowest BCUT2D eigenvalue weighted by molar-refractivity contribution is -0.125. The van der Waals surface area contributed by atoms with Crippen LogP contribution in [-0.2, 0) is 4.79 Å². The van der Waals surface area contributed by atoms with Crippen molar-refractivity contribution in [3.05, 3.63) is 0 Å². The highest BCUT2D eigenvalue weighted by Crippen LogP contribution is 2.17. The number of hydrogen-bond donors (Lipinski definition) is 2. The van der Waals surface area contributed by atoms with E-state index < -0.39 is 0 Å². The minimum atomic E-state index is 0.106. The van der Waals surface area contributed by atoms with E-state index in [-0.39, 0.29) is 17.4 Å². The van der Waals surface area contributed by atoms with Crippen LogP contribution >= 0.6 is 0 Å². The molecule has 2 unspecified atom stereocenters. The van der Waals surface area contributed by atoms with Gasteiger partial charge >= 0.3 is 0 Å². The number of carbonyl (C=O) groups is 1. The highest BCUT2D eigenvalue weighted by Gasteiger charge is 2.29. The SMILES string of the molecule is CC(C)C(C)C(=O)NCC1(C)CCCN1. The van der Waals surface area contributed by atoms with Gasteiger partial charge in [-0.1, -0.05) is 20.8 Å². The molecule has 0 spiro atoms. The predicted octanol–water partition coefficient (Wildman–Crippen LogP) is 1.54. The summed E-state index contributed by atoms with van der Waals surface area (Å²) in [6, 6.07) is 0. The van der Waals surface area contributed by atoms with E-state index in [0.29, 0.717) is 5.92 Å². The maximum Gasteiger partial charge on any atom is 0.223 e. The summed E-state index contributed by atoms with van der Waals surface area (Å²) in [7, 11) is 0. The van der Waals surface area contributed by atoms with Gasteiger partial charge in [0.25, 0.3) is 0 Å². The molecular formula is C12H24N2O. The van der Waals surface area contributed by atoms with Crippen molar-refractivity contribution >= 4 is 5.91 Å². The van der Waals surface area contributed by atoms with Crippen LogP contribution in [0.4, 0.5) is 0 Å². The first kappa shape index (κ1) is 12.5. The van der Waals surface area contributed by atoms with Crippen LogP contribution in [0.2, 0.25) is 0 Å². The lowest BCUT2D eigenvalue weighted by atomic mass is 9.96. The van der Waals surface area contributed by atoms with E-state index in [4.69, 9.17) is 0 Å². The second-order valence-corrected chi connectivity index (χ2v) is 5.34. The van der Waals surface area contributed by atoms with Gasteiger partial charge in [-0.05, 0) is 32.2 Å². The van der Waals surface area contributed by atoms with E-state index in [1.165, 1.54) is 6.42 Å². The molecule has 3 heteroatoms. The maximum atomic E-state index is 11.7. The van der Waals surface area contributed by atoms with Gasteiger partial charge in [-0.2, -0.15) is 0 Å². The lowest BCUT2D eigenvalue weighted by Crippen LogP contribution is -2.48. The molecule has 88 valence electrons. The van der Waals surface area contributed by atoms with Crippen molar-refractivity contribution in [2.75, 3.05) is 13.1 Å². The molecule has 0 aliphatic carbocycles. The van der Waals surface area contributed by atoms with Crippen molar-refractivity contribution in [3.63, 3.8) is 0 Å². The molecule has 0 saturated carbocycles. The molecular weight excluding hydrogens is 188 g/mol. The van der Waals surface area contributed by atoms with Gasteiger partial charge in [-0.3, -0.25) is 4.79 Å². The molecule has 15 heavy (non-hydrogen) atoms. The molecule has 0 bridgehead atoms. The summed E-state index contributed by atoms with van der Waals surface area (Å²) in [6.07, 6.45) is 2.37. The molecule has 1 aliphatic rings. The minimum Gasteiger partial charge on any atom is -0.354 e. The van der Waals surface area contributed by atoms with Gasteiger partial charge in [0, 0.05) is 18.0 Å². The average molecular weight is 212 g/mol. The van der Waals surface area contributed by atoms with Crippen LogP contribution in [0.15, 0.2) is 0 Å². The quantitative estimate of drug-likeness (QED) is 0.742.